The molecule has 0 spiro atoms. The summed E-state index contributed by atoms with van der Waals surface area (Å²) >= 11 is 2.89. The molecule has 5 fully saturated rings. The Hall–Kier alpha value is -13.0. The Morgan fingerprint density at radius 2 is 0.812 bits per heavy atom. The number of nitrogens with zero attached hydrogens (tertiary/aromatic N) is 13. The fraction of sp³-hybridized carbons (Fsp3) is 0.367. The number of halogens is 1. The van der Waals surface area contributed by atoms with E-state index in [0.29, 0.717) is 124 Å². The summed E-state index contributed by atoms with van der Waals surface area (Å²) in [7, 11) is 0. The summed E-state index contributed by atoms with van der Waals surface area (Å²) in [6.07, 6.45) is 9.60. The van der Waals surface area contributed by atoms with Gasteiger partial charge in [-0.05, 0) is 208 Å². The third-order valence-corrected chi connectivity index (χ3v) is 22.3. The Balaban J connectivity index is 0.000000436. The molecule has 0 amide bonds. The predicted octanol–water partition coefficient (Wildman–Crippen LogP) is 15.2. The number of ether oxygens (including phenoxy) is 9. The zero-order chi connectivity index (χ0) is 101. The van der Waals surface area contributed by atoms with Crippen molar-refractivity contribution in [1.82, 2.24) is 19.6 Å². The van der Waals surface area contributed by atoms with Crippen molar-refractivity contribution in [3.05, 3.63) is 316 Å². The molecule has 5 aliphatic rings. The summed E-state index contributed by atoms with van der Waals surface area (Å²) in [5.41, 5.74) is 28.1. The van der Waals surface area contributed by atoms with Gasteiger partial charge in [0.05, 0.1) is 52.5 Å². The molecular weight excluding hydrogens is 1920 g/mol. The molecule has 2 unspecified atom stereocenters. The van der Waals surface area contributed by atoms with Crippen LogP contribution in [0.15, 0.2) is 258 Å². The van der Waals surface area contributed by atoms with Gasteiger partial charge in [-0.25, -0.2) is 6.57 Å². The quantitative estimate of drug-likeness (QED) is 0.0115. The van der Waals surface area contributed by atoms with Gasteiger partial charge in [0.2, 0.25) is 6.04 Å². The average molecular weight is 2040 g/mol. The number of phenolic OH excluding ortho intramolecular Hbond substituents is 1. The van der Waals surface area contributed by atoms with Gasteiger partial charge >= 0.3 is 71.4 Å². The number of aromatic nitrogens is 4. The number of nitriles is 3. The molecule has 8 N–H and O–H groups in total. The number of anilines is 3. The number of hydrogen-bond acceptors (Lipinski definition) is 27. The maximum Gasteiger partial charge on any atom is 1.00 e. The van der Waals surface area contributed by atoms with Crippen molar-refractivity contribution in [3.8, 4) is 58.3 Å². The van der Waals surface area contributed by atoms with Gasteiger partial charge in [-0.15, -0.1) is 5.60 Å². The molecule has 2 aromatic heterocycles. The van der Waals surface area contributed by atoms with E-state index in [0.717, 1.165) is 164 Å². The van der Waals surface area contributed by atoms with E-state index >= 15 is 0 Å². The number of azo groups is 1. The Morgan fingerprint density at radius 3 is 1.14 bits per heavy atom. The molecule has 0 radical (unpaired) electrons. The number of hydrogen-bond donors (Lipinski definition) is 4. The van der Waals surface area contributed by atoms with Gasteiger partial charge in [0.1, 0.15) is 78.3 Å². The molecule has 0 saturated carbocycles. The molecule has 5 aliphatic heterocycles. The molecule has 7 heterocycles. The fourth-order valence-corrected chi connectivity index (χ4v) is 14.4. The minimum Gasteiger partial charge on any atom is -0.870 e. The number of carbonyl (C=O) groups excluding carboxylic acids is 4. The second-order valence-electron chi connectivity index (χ2n) is 33.3. The first-order valence-corrected chi connectivity index (χ1v) is 46.9. The number of phenols is 1. The SMILES string of the molecule is C.CC(C#N)(N=Nc1ccc(OCc2ccccc2)cc1)C1CCOCC1.CC(C)(C)[O-].N#CC(=NCc1ccc(OCc2ccccc2)cc1)C1CCOCC1.N#CCBr.Nc1ccc(OCc2ccccc2)cc1.O=C=O.O=C=O.[C-]#[N+]C(C)C1CCOCC1.[C-]#[N+]c1c(N)c(C2CCOCC2)nn1-c1ccc(O)cc1.[C-]#[N+]c1c(N)c(C2CCOCC2)nn1-c1ccc(OCc2ccccc2)cc1.[Na+].[Na+].[OH-]. The van der Waals surface area contributed by atoms with Crippen LogP contribution in [-0.4, -0.2) is 137 Å². The zero-order valence-electron chi connectivity index (χ0n) is 82.0. The predicted molar refractivity (Wildman–Crippen MR) is 542 cm³/mol. The number of rotatable bonds is 23. The summed E-state index contributed by atoms with van der Waals surface area (Å²) in [5.74, 6) is 5.56. The van der Waals surface area contributed by atoms with E-state index in [2.05, 4.69) is 68.0 Å². The maximum absolute atomic E-state index is 10.1. The third kappa shape index (κ3) is 46.1. The van der Waals surface area contributed by atoms with Crippen LogP contribution in [0.25, 0.3) is 25.9 Å². The first-order chi connectivity index (χ1) is 67.9. The van der Waals surface area contributed by atoms with Crippen molar-refractivity contribution in [3.63, 3.8) is 0 Å². The first kappa shape index (κ1) is 125. The Labute approximate surface area is 897 Å². The van der Waals surface area contributed by atoms with Crippen molar-refractivity contribution >= 4 is 68.3 Å². The van der Waals surface area contributed by atoms with Crippen LogP contribution in [0, 0.1) is 71.5 Å². The Bertz CT molecular complexity index is 5820. The largest absolute Gasteiger partial charge is 1.00 e. The van der Waals surface area contributed by atoms with E-state index in [-0.39, 0.29) is 120 Å². The van der Waals surface area contributed by atoms with Crippen LogP contribution in [-0.2, 0) is 75.8 Å². The third-order valence-electron chi connectivity index (χ3n) is 22.1. The summed E-state index contributed by atoms with van der Waals surface area (Å²) < 4.78 is 52.9. The van der Waals surface area contributed by atoms with E-state index in [4.69, 9.17) is 104 Å². The second-order valence-corrected chi connectivity index (χ2v) is 33.9. The van der Waals surface area contributed by atoms with E-state index in [1.165, 1.54) is 0 Å². The molecule has 2 atom stereocenters. The molecule has 0 aliphatic carbocycles. The number of nitrogens with two attached hydrogens (primary N) is 3. The fourth-order valence-electron chi connectivity index (χ4n) is 14.4. The first-order valence-electron chi connectivity index (χ1n) is 45.7. The van der Waals surface area contributed by atoms with E-state index < -0.39 is 11.1 Å². The van der Waals surface area contributed by atoms with Crippen molar-refractivity contribution in [2.75, 3.05) is 88.6 Å². The van der Waals surface area contributed by atoms with Crippen molar-refractivity contribution < 1.29 is 137 Å². The van der Waals surface area contributed by atoms with Crippen LogP contribution in [0.1, 0.15) is 157 Å². The van der Waals surface area contributed by atoms with Gasteiger partial charge in [-0.3, -0.25) is 4.99 Å². The number of benzene rings is 9. The molecule has 5 saturated heterocycles. The summed E-state index contributed by atoms with van der Waals surface area (Å²) in [6, 6.07) is 83.8. The number of aromatic hydroxyl groups is 1. The number of aliphatic imine (C=N–C) groups is 1. The van der Waals surface area contributed by atoms with Crippen LogP contribution in [0.5, 0.6) is 28.7 Å². The van der Waals surface area contributed by atoms with E-state index in [1.54, 1.807) is 54.4 Å². The van der Waals surface area contributed by atoms with Gasteiger partial charge < -0.3 is 90.1 Å². The van der Waals surface area contributed by atoms with E-state index in [1.807, 2.05) is 238 Å². The van der Waals surface area contributed by atoms with Crippen LogP contribution in [0.3, 0.4) is 0 Å². The van der Waals surface area contributed by atoms with Crippen LogP contribution in [0.4, 0.5) is 34.4 Å². The average Bonchev–Trinajstić information content (AvgIpc) is 1.64. The zero-order valence-corrected chi connectivity index (χ0v) is 87.6. The summed E-state index contributed by atoms with van der Waals surface area (Å²) in [4.78, 5) is 47.7. The van der Waals surface area contributed by atoms with Crippen LogP contribution in [0.2, 0.25) is 0 Å². The Kier molecular flexibility index (Phi) is 62.1. The second kappa shape index (κ2) is 71.4. The van der Waals surface area contributed by atoms with Crippen LogP contribution < -0.4 is 100 Å². The minimum atomic E-state index is -0.813. The number of nitrogen functional groups attached to an aromatic ring is 3. The molecule has 16 rings (SSSR count). The van der Waals surface area contributed by atoms with Crippen LogP contribution >= 0.6 is 15.9 Å². The molecule has 11 aromatic rings. The monoisotopic (exact) mass is 2040 g/mol. The molecule has 144 heavy (non-hydrogen) atoms. The Morgan fingerprint density at radius 1 is 0.500 bits per heavy atom. The van der Waals surface area contributed by atoms with Gasteiger partial charge in [-0.1, -0.05) is 201 Å². The van der Waals surface area contributed by atoms with E-state index in [9.17, 15) is 20.7 Å². The smallest absolute Gasteiger partial charge is 0.870 e. The van der Waals surface area contributed by atoms with Gasteiger partial charge in [0, 0.05) is 108 Å². The minimum absolute atomic E-state index is 0. The molecule has 9 aromatic carbocycles. The summed E-state index contributed by atoms with van der Waals surface area (Å²) in [6.45, 7) is 40.5. The van der Waals surface area contributed by atoms with Gasteiger partial charge in [0.25, 0.3) is 11.6 Å². The van der Waals surface area contributed by atoms with Gasteiger partial charge in [-0.2, -0.15) is 54.6 Å². The summed E-state index contributed by atoms with van der Waals surface area (Å²) in [5, 5.41) is 64.3. The maximum atomic E-state index is 10.1. The molecule has 746 valence electrons. The van der Waals surface area contributed by atoms with Crippen molar-refractivity contribution in [2.24, 2.45) is 33.0 Å². The topological polar surface area (TPSA) is 460 Å². The normalized spacial score (nSPS) is 14.3. The molecule has 32 nitrogen and oxygen atoms in total. The standard InChI is InChI=1S/C22H22N4O2.C21H23N3O2.C21H22N2O2.C15H16N4O2.C13H13NO.C8H13NO.C4H9O.C2H2BrN.2CO2.CH4.2Na.H2O/c1-24-22-20(23)21(17-11-13-27-14-12-17)25-26(22)18-7-9-19(10-8-18)28-15-16-5-3-2-4-6-16;1-21(16-22,18-11-13-25-14-12-18)24-23-19-7-9-20(10-8-19)26-15-17-5-3-2-4-6-17;22-14-21(19-10-12-24-13-11-19)23-15-17-6-8-20(9-7-17)25-16-18-4-2-1-3-5-18;1-17-15-13(16)14(10-6-8-21-9-7-10)18-19(15)11-2-4-12(20)5-3-11;14-12-6-8-13(9-7-12)15-10-11-4-2-1-3-5-11;1-7(9-2)8-3-5-10-6-4-8;1-4(2,3)5;3-1-2-4;2*2-1-3;;;;/h2-10,17H,11-15,23H2;2-10,18H,11-15H2,1H3;1-9,19H,10-13,15-16H2;2-5,10,20H,6-9,16H2;1-9H,10,14H2;7-8H,3-6H2,1H3;1-3H3;1H2;;;1H4;;;1H2/q;;;;;;-1;;;;;2*+1;/p-1. The van der Waals surface area contributed by atoms with Crippen molar-refractivity contribution in [1.29, 1.82) is 15.8 Å². The molecular formula is C109H125BrN16Na2O16. The molecule has 35 heteroatoms. The van der Waals surface area contributed by atoms with Gasteiger partial charge in [0.15, 0.2) is 5.54 Å². The van der Waals surface area contributed by atoms with Crippen molar-refractivity contribution in [2.45, 2.75) is 168 Å². The number of alkyl halides is 1. The molecule has 0 bridgehead atoms.